The van der Waals surface area contributed by atoms with Gasteiger partial charge in [-0.15, -0.1) is 0 Å². The molecule has 1 aromatic carbocycles. The molecule has 0 unspecified atom stereocenters. The summed E-state index contributed by atoms with van der Waals surface area (Å²) in [5, 5.41) is 2.58. The highest BCUT2D eigenvalue weighted by Crippen LogP contribution is 2.42. The zero-order chi connectivity index (χ0) is 16.5. The molecule has 1 atom stereocenters. The predicted molar refractivity (Wildman–Crippen MR) is 69.7 cm³/mol. The topological polar surface area (TPSA) is 15.3 Å². The molecule has 1 aliphatic heterocycles. The number of nitrogens with one attached hydrogen (secondary N) is 1. The standard InChI is InChI=1S/C13H13ClF6N2/c14-10-2-1-8(12(15,16)17)7-9(10)11(13(18,19)20)22-5-3-21-4-6-22/h1-2,7,11,21H,3-6H2/t11-/m0/s1. The van der Waals surface area contributed by atoms with Gasteiger partial charge in [0.1, 0.15) is 6.04 Å². The zero-order valence-electron chi connectivity index (χ0n) is 11.2. The van der Waals surface area contributed by atoms with Crippen molar-refractivity contribution in [3.05, 3.63) is 34.3 Å². The second-order valence-corrected chi connectivity index (χ2v) is 5.37. The summed E-state index contributed by atoms with van der Waals surface area (Å²) >= 11 is 5.76. The second-order valence-electron chi connectivity index (χ2n) is 4.96. The van der Waals surface area contributed by atoms with E-state index in [2.05, 4.69) is 5.32 Å². The first-order valence-corrected chi connectivity index (χ1v) is 6.86. The molecule has 1 N–H and O–H groups in total. The van der Waals surface area contributed by atoms with E-state index in [0.29, 0.717) is 25.2 Å². The fraction of sp³-hybridized carbons (Fsp3) is 0.538. The van der Waals surface area contributed by atoms with Gasteiger partial charge in [0.2, 0.25) is 0 Å². The smallest absolute Gasteiger partial charge is 0.314 e. The summed E-state index contributed by atoms with van der Waals surface area (Å²) in [4.78, 5) is 1.10. The number of piperazine rings is 1. The fourth-order valence-corrected chi connectivity index (χ4v) is 2.67. The summed E-state index contributed by atoms with van der Waals surface area (Å²) in [5.41, 5.74) is -1.71. The largest absolute Gasteiger partial charge is 0.416 e. The monoisotopic (exact) mass is 346 g/mol. The van der Waals surface area contributed by atoms with Crippen molar-refractivity contribution in [1.82, 2.24) is 10.2 Å². The number of hydrogen-bond acceptors (Lipinski definition) is 2. The molecular weight excluding hydrogens is 334 g/mol. The Kier molecular flexibility index (Phi) is 4.93. The van der Waals surface area contributed by atoms with E-state index in [9.17, 15) is 26.3 Å². The van der Waals surface area contributed by atoms with Crippen molar-refractivity contribution in [3.8, 4) is 0 Å². The van der Waals surface area contributed by atoms with Crippen LogP contribution < -0.4 is 5.32 Å². The van der Waals surface area contributed by atoms with E-state index in [-0.39, 0.29) is 18.1 Å². The van der Waals surface area contributed by atoms with Gasteiger partial charge in [-0.05, 0) is 23.8 Å². The molecule has 0 amide bonds. The van der Waals surface area contributed by atoms with Crippen molar-refractivity contribution >= 4 is 11.6 Å². The van der Waals surface area contributed by atoms with Crippen LogP contribution in [0, 0.1) is 0 Å². The second kappa shape index (κ2) is 6.25. The summed E-state index contributed by atoms with van der Waals surface area (Å²) in [7, 11) is 0. The Balaban J connectivity index is 2.47. The molecule has 1 heterocycles. The minimum absolute atomic E-state index is 0.0801. The third kappa shape index (κ3) is 3.85. The van der Waals surface area contributed by atoms with Gasteiger partial charge in [-0.2, -0.15) is 26.3 Å². The van der Waals surface area contributed by atoms with Crippen molar-refractivity contribution in [1.29, 1.82) is 0 Å². The molecule has 1 fully saturated rings. The van der Waals surface area contributed by atoms with Gasteiger partial charge >= 0.3 is 12.4 Å². The summed E-state index contributed by atoms with van der Waals surface area (Å²) in [5.74, 6) is 0. The Morgan fingerprint density at radius 1 is 1.05 bits per heavy atom. The van der Waals surface area contributed by atoms with Crippen LogP contribution in [0.3, 0.4) is 0 Å². The van der Waals surface area contributed by atoms with Crippen LogP contribution in [0.4, 0.5) is 26.3 Å². The van der Waals surface area contributed by atoms with E-state index in [1.165, 1.54) is 0 Å². The maximum absolute atomic E-state index is 13.4. The van der Waals surface area contributed by atoms with E-state index < -0.39 is 29.5 Å². The zero-order valence-corrected chi connectivity index (χ0v) is 12.0. The first kappa shape index (κ1) is 17.4. The van der Waals surface area contributed by atoms with E-state index in [4.69, 9.17) is 11.6 Å². The van der Waals surface area contributed by atoms with Crippen LogP contribution in [0.1, 0.15) is 17.2 Å². The molecule has 0 saturated carbocycles. The predicted octanol–water partition coefficient (Wildman–Crippen LogP) is 3.87. The molecule has 0 radical (unpaired) electrons. The van der Waals surface area contributed by atoms with Gasteiger partial charge in [0.15, 0.2) is 0 Å². The van der Waals surface area contributed by atoms with Crippen molar-refractivity contribution in [2.75, 3.05) is 26.2 Å². The van der Waals surface area contributed by atoms with Crippen LogP contribution in [-0.2, 0) is 6.18 Å². The van der Waals surface area contributed by atoms with Gasteiger partial charge in [0.25, 0.3) is 0 Å². The number of nitrogens with zero attached hydrogens (tertiary/aromatic N) is 1. The quantitative estimate of drug-likeness (QED) is 0.818. The van der Waals surface area contributed by atoms with Crippen LogP contribution in [0.2, 0.25) is 5.02 Å². The van der Waals surface area contributed by atoms with Crippen molar-refractivity contribution in [2.45, 2.75) is 18.4 Å². The highest BCUT2D eigenvalue weighted by atomic mass is 35.5. The number of hydrogen-bond donors (Lipinski definition) is 1. The van der Waals surface area contributed by atoms with Crippen LogP contribution in [0.25, 0.3) is 0 Å². The van der Waals surface area contributed by atoms with Crippen LogP contribution >= 0.6 is 11.6 Å². The molecular formula is C13H13ClF6N2. The molecule has 2 rings (SSSR count). The minimum atomic E-state index is -4.72. The van der Waals surface area contributed by atoms with Crippen LogP contribution in [-0.4, -0.2) is 37.3 Å². The average molecular weight is 347 g/mol. The number of benzene rings is 1. The average Bonchev–Trinajstić information content (AvgIpc) is 2.39. The normalized spacial score (nSPS) is 19.2. The lowest BCUT2D eigenvalue weighted by Crippen LogP contribution is -2.49. The molecule has 0 bridgehead atoms. The molecule has 1 aromatic rings. The van der Waals surface area contributed by atoms with E-state index in [0.717, 1.165) is 11.0 Å². The molecule has 1 aliphatic rings. The third-order valence-corrected chi connectivity index (χ3v) is 3.79. The molecule has 1 saturated heterocycles. The van der Waals surface area contributed by atoms with E-state index >= 15 is 0 Å². The SMILES string of the molecule is FC(F)(F)c1ccc(Cl)c([C@H](N2CCNCC2)C(F)(F)F)c1. The van der Waals surface area contributed by atoms with Crippen LogP contribution in [0.15, 0.2) is 18.2 Å². The first-order chi connectivity index (χ1) is 10.1. The molecule has 124 valence electrons. The molecule has 9 heteroatoms. The Hall–Kier alpha value is -0.990. The fourth-order valence-electron chi connectivity index (χ4n) is 2.45. The lowest BCUT2D eigenvalue weighted by molar-refractivity contribution is -0.188. The summed E-state index contributed by atoms with van der Waals surface area (Å²) < 4.78 is 78.5. The maximum atomic E-state index is 13.4. The molecule has 0 aromatic heterocycles. The molecule has 0 spiro atoms. The van der Waals surface area contributed by atoms with Gasteiger partial charge in [0, 0.05) is 31.2 Å². The van der Waals surface area contributed by atoms with Gasteiger partial charge in [-0.1, -0.05) is 11.6 Å². The van der Waals surface area contributed by atoms with Gasteiger partial charge in [0.05, 0.1) is 5.56 Å². The van der Waals surface area contributed by atoms with Gasteiger partial charge < -0.3 is 5.32 Å². The Bertz CT molecular complexity index is 522. The maximum Gasteiger partial charge on any atom is 0.416 e. The van der Waals surface area contributed by atoms with Gasteiger partial charge in [-0.25, -0.2) is 0 Å². The number of rotatable bonds is 2. The summed E-state index contributed by atoms with van der Waals surface area (Å²) in [6.07, 6.45) is -9.44. The molecule has 22 heavy (non-hydrogen) atoms. The Morgan fingerprint density at radius 3 is 2.14 bits per heavy atom. The van der Waals surface area contributed by atoms with Crippen molar-refractivity contribution < 1.29 is 26.3 Å². The Labute approximate surface area is 128 Å². The summed E-state index contributed by atoms with van der Waals surface area (Å²) in [6, 6.07) is -0.121. The minimum Gasteiger partial charge on any atom is -0.314 e. The lowest BCUT2D eigenvalue weighted by Gasteiger charge is -2.36. The van der Waals surface area contributed by atoms with Crippen LogP contribution in [0.5, 0.6) is 0 Å². The highest BCUT2D eigenvalue weighted by Gasteiger charge is 2.46. The lowest BCUT2D eigenvalue weighted by atomic mass is 10.0. The van der Waals surface area contributed by atoms with E-state index in [1.807, 2.05) is 0 Å². The highest BCUT2D eigenvalue weighted by molar-refractivity contribution is 6.31. The summed E-state index contributed by atoms with van der Waals surface area (Å²) in [6.45, 7) is 0.833. The number of alkyl halides is 6. The van der Waals surface area contributed by atoms with Gasteiger partial charge in [-0.3, -0.25) is 4.90 Å². The van der Waals surface area contributed by atoms with E-state index in [1.54, 1.807) is 0 Å². The van der Waals surface area contributed by atoms with Crippen molar-refractivity contribution in [3.63, 3.8) is 0 Å². The van der Waals surface area contributed by atoms with Crippen molar-refractivity contribution in [2.24, 2.45) is 0 Å². The Morgan fingerprint density at radius 2 is 1.64 bits per heavy atom. The third-order valence-electron chi connectivity index (χ3n) is 3.44. The first-order valence-electron chi connectivity index (χ1n) is 6.49. The number of halogens is 7. The molecule has 2 nitrogen and oxygen atoms in total. The molecule has 0 aliphatic carbocycles.